The first-order chi connectivity index (χ1) is 15.2. The summed E-state index contributed by atoms with van der Waals surface area (Å²) in [6.07, 6.45) is 4.93. The average molecular weight is 414 g/mol. The lowest BCUT2D eigenvalue weighted by molar-refractivity contribution is 0.0390. The van der Waals surface area contributed by atoms with E-state index in [-0.39, 0.29) is 11.7 Å². The molecule has 1 atom stereocenters. The van der Waals surface area contributed by atoms with Crippen LogP contribution in [0.25, 0.3) is 22.6 Å². The zero-order valence-corrected chi connectivity index (χ0v) is 17.1. The van der Waals surface area contributed by atoms with Crippen molar-refractivity contribution in [3.05, 3.63) is 89.2 Å². The summed E-state index contributed by atoms with van der Waals surface area (Å²) < 4.78 is 13.2. The number of hydrogen-bond donors (Lipinski definition) is 0. The van der Waals surface area contributed by atoms with E-state index in [1.165, 1.54) is 0 Å². The Morgan fingerprint density at radius 1 is 1.03 bits per heavy atom. The largest absolute Gasteiger partial charge is 0.464 e. The van der Waals surface area contributed by atoms with Crippen LogP contribution in [0, 0.1) is 0 Å². The van der Waals surface area contributed by atoms with Gasteiger partial charge in [-0.25, -0.2) is 4.98 Å². The molecule has 4 heterocycles. The summed E-state index contributed by atoms with van der Waals surface area (Å²) in [6, 6.07) is 17.3. The summed E-state index contributed by atoms with van der Waals surface area (Å²) in [7, 11) is 1.75. The SMILES string of the molecule is Cn1c(N2CCOC(c3cccc(-c4ccco4)c3)C2)nc(-c2ccncc2)cc1=O. The molecule has 1 fully saturated rings. The molecule has 1 unspecified atom stereocenters. The summed E-state index contributed by atoms with van der Waals surface area (Å²) >= 11 is 0. The number of morpholine rings is 1. The van der Waals surface area contributed by atoms with Gasteiger partial charge in [0.1, 0.15) is 11.9 Å². The number of furan rings is 1. The molecule has 4 aromatic rings. The van der Waals surface area contributed by atoms with Crippen LogP contribution in [-0.2, 0) is 11.8 Å². The maximum Gasteiger partial charge on any atom is 0.255 e. The van der Waals surface area contributed by atoms with Crippen molar-refractivity contribution in [3.8, 4) is 22.6 Å². The predicted molar refractivity (Wildman–Crippen MR) is 118 cm³/mol. The minimum Gasteiger partial charge on any atom is -0.464 e. The van der Waals surface area contributed by atoms with Crippen LogP contribution in [0.15, 0.2) is 82.5 Å². The highest BCUT2D eigenvalue weighted by Gasteiger charge is 2.25. The van der Waals surface area contributed by atoms with Gasteiger partial charge < -0.3 is 14.1 Å². The van der Waals surface area contributed by atoms with Gasteiger partial charge in [-0.3, -0.25) is 14.3 Å². The number of benzene rings is 1. The van der Waals surface area contributed by atoms with Gasteiger partial charge in [0, 0.05) is 43.2 Å². The number of pyridine rings is 1. The van der Waals surface area contributed by atoms with Gasteiger partial charge in [0.15, 0.2) is 0 Å². The molecule has 5 rings (SSSR count). The second-order valence-corrected chi connectivity index (χ2v) is 7.48. The van der Waals surface area contributed by atoms with Crippen molar-refractivity contribution in [2.45, 2.75) is 6.10 Å². The van der Waals surface area contributed by atoms with Crippen molar-refractivity contribution >= 4 is 5.95 Å². The number of hydrogen-bond acceptors (Lipinski definition) is 6. The van der Waals surface area contributed by atoms with E-state index in [9.17, 15) is 4.79 Å². The molecule has 156 valence electrons. The lowest BCUT2D eigenvalue weighted by atomic mass is 10.0. The molecule has 0 bridgehead atoms. The van der Waals surface area contributed by atoms with Crippen LogP contribution in [0.5, 0.6) is 0 Å². The molecule has 1 saturated heterocycles. The van der Waals surface area contributed by atoms with Gasteiger partial charge in [-0.15, -0.1) is 0 Å². The molecule has 1 aromatic carbocycles. The van der Waals surface area contributed by atoms with Crippen molar-refractivity contribution in [2.75, 3.05) is 24.6 Å². The number of rotatable bonds is 4. The second-order valence-electron chi connectivity index (χ2n) is 7.48. The van der Waals surface area contributed by atoms with E-state index in [0.717, 1.165) is 22.5 Å². The molecule has 3 aromatic heterocycles. The normalized spacial score (nSPS) is 16.4. The lowest BCUT2D eigenvalue weighted by Crippen LogP contribution is -2.41. The molecular weight excluding hydrogens is 392 g/mol. The number of nitrogens with zero attached hydrogens (tertiary/aromatic N) is 4. The summed E-state index contributed by atoms with van der Waals surface area (Å²) in [5.74, 6) is 1.46. The zero-order chi connectivity index (χ0) is 21.2. The third-order valence-corrected chi connectivity index (χ3v) is 5.50. The van der Waals surface area contributed by atoms with E-state index < -0.39 is 0 Å². The summed E-state index contributed by atoms with van der Waals surface area (Å²) in [5, 5.41) is 0. The maximum absolute atomic E-state index is 12.6. The van der Waals surface area contributed by atoms with Crippen LogP contribution >= 0.6 is 0 Å². The minimum atomic E-state index is -0.134. The van der Waals surface area contributed by atoms with Crippen molar-refractivity contribution < 1.29 is 9.15 Å². The van der Waals surface area contributed by atoms with Gasteiger partial charge in [-0.2, -0.15) is 0 Å². The Bertz CT molecular complexity index is 1240. The van der Waals surface area contributed by atoms with Gasteiger partial charge in [0.25, 0.3) is 5.56 Å². The Balaban J connectivity index is 1.46. The van der Waals surface area contributed by atoms with E-state index >= 15 is 0 Å². The van der Waals surface area contributed by atoms with E-state index in [1.807, 2.05) is 36.4 Å². The maximum atomic E-state index is 12.6. The highest BCUT2D eigenvalue weighted by Crippen LogP contribution is 2.29. The van der Waals surface area contributed by atoms with Gasteiger partial charge in [-0.1, -0.05) is 18.2 Å². The lowest BCUT2D eigenvalue weighted by Gasteiger charge is -2.34. The van der Waals surface area contributed by atoms with Crippen LogP contribution in [-0.4, -0.2) is 34.2 Å². The number of ether oxygens (including phenoxy) is 1. The fourth-order valence-electron chi connectivity index (χ4n) is 3.85. The van der Waals surface area contributed by atoms with E-state index in [1.54, 1.807) is 36.3 Å². The number of anilines is 1. The van der Waals surface area contributed by atoms with Crippen LogP contribution in [0.1, 0.15) is 11.7 Å². The van der Waals surface area contributed by atoms with E-state index in [2.05, 4.69) is 22.0 Å². The molecule has 31 heavy (non-hydrogen) atoms. The number of aromatic nitrogens is 3. The van der Waals surface area contributed by atoms with Gasteiger partial charge >= 0.3 is 0 Å². The standard InChI is InChI=1S/C24H22N4O3/c1-27-23(29)15-20(17-7-9-25-10-8-17)26-24(27)28-11-13-31-22(16-28)19-5-2-4-18(14-19)21-6-3-12-30-21/h2-10,12,14-15,22H,11,13,16H2,1H3. The molecular formula is C24H22N4O3. The molecule has 0 radical (unpaired) electrons. The van der Waals surface area contributed by atoms with Crippen molar-refractivity contribution in [2.24, 2.45) is 7.05 Å². The Labute approximate surface area is 179 Å². The average Bonchev–Trinajstić information content (AvgIpc) is 3.37. The molecule has 0 spiro atoms. The van der Waals surface area contributed by atoms with Crippen LogP contribution in [0.3, 0.4) is 0 Å². The first-order valence-electron chi connectivity index (χ1n) is 10.2. The molecule has 7 heteroatoms. The topological polar surface area (TPSA) is 73.4 Å². The van der Waals surface area contributed by atoms with Crippen molar-refractivity contribution in [3.63, 3.8) is 0 Å². The Morgan fingerprint density at radius 2 is 1.90 bits per heavy atom. The fraction of sp³-hybridized carbons (Fsp3) is 0.208. The first-order valence-corrected chi connectivity index (χ1v) is 10.2. The van der Waals surface area contributed by atoms with Crippen LogP contribution in [0.4, 0.5) is 5.95 Å². The fourth-order valence-corrected chi connectivity index (χ4v) is 3.85. The summed E-state index contributed by atoms with van der Waals surface area (Å²) in [6.45, 7) is 1.81. The van der Waals surface area contributed by atoms with Crippen LogP contribution in [0.2, 0.25) is 0 Å². The summed E-state index contributed by atoms with van der Waals surface area (Å²) in [4.78, 5) is 23.6. The Hall–Kier alpha value is -3.71. The van der Waals surface area contributed by atoms with Crippen molar-refractivity contribution in [1.82, 2.24) is 14.5 Å². The van der Waals surface area contributed by atoms with Gasteiger partial charge in [0.05, 0.1) is 25.1 Å². The molecule has 0 amide bonds. The quantitative estimate of drug-likeness (QED) is 0.507. The third kappa shape index (κ3) is 3.87. The zero-order valence-electron chi connectivity index (χ0n) is 17.1. The highest BCUT2D eigenvalue weighted by molar-refractivity contribution is 5.60. The van der Waals surface area contributed by atoms with Gasteiger partial charge in [-0.05, 0) is 35.9 Å². The molecule has 7 nitrogen and oxygen atoms in total. The van der Waals surface area contributed by atoms with Gasteiger partial charge in [0.2, 0.25) is 5.95 Å². The molecule has 1 aliphatic heterocycles. The van der Waals surface area contributed by atoms with E-state index in [4.69, 9.17) is 14.1 Å². The molecule has 1 aliphatic rings. The second kappa shape index (κ2) is 8.20. The van der Waals surface area contributed by atoms with Crippen molar-refractivity contribution in [1.29, 1.82) is 0 Å². The predicted octanol–water partition coefficient (Wildman–Crippen LogP) is 3.68. The van der Waals surface area contributed by atoms with Crippen LogP contribution < -0.4 is 10.5 Å². The smallest absolute Gasteiger partial charge is 0.255 e. The highest BCUT2D eigenvalue weighted by atomic mass is 16.5. The monoisotopic (exact) mass is 414 g/mol. The first kappa shape index (κ1) is 19.3. The third-order valence-electron chi connectivity index (χ3n) is 5.50. The molecule has 0 aliphatic carbocycles. The Morgan fingerprint density at radius 3 is 2.71 bits per heavy atom. The Kier molecular flexibility index (Phi) is 5.09. The van der Waals surface area contributed by atoms with E-state index in [0.29, 0.717) is 31.3 Å². The summed E-state index contributed by atoms with van der Waals surface area (Å²) in [5.41, 5.74) is 3.48. The molecule has 0 N–H and O–H groups in total. The minimum absolute atomic E-state index is 0.0975. The molecule has 0 saturated carbocycles.